The second-order valence-corrected chi connectivity index (χ2v) is 8.98. The standard InChI is InChI=1S/C25H25N3O4/c1-13(2)15-7-8-16-20(12-15)32-25(31)17-5-4-6-18(26)21(17)22(29)24(16,25)28-23(30)19-11-14(3)9-10-27-19/h4-5,7-13,18,31H,6,26H2,1-3H3,(H,28,30). The molecule has 3 aliphatic rings. The Kier molecular flexibility index (Phi) is 4.41. The Morgan fingerprint density at radius 1 is 1.31 bits per heavy atom. The number of ether oxygens (including phenoxy) is 1. The van der Waals surface area contributed by atoms with Crippen LogP contribution in [-0.4, -0.2) is 33.6 Å². The van der Waals surface area contributed by atoms with Crippen molar-refractivity contribution >= 4 is 11.7 Å². The van der Waals surface area contributed by atoms with Gasteiger partial charge in [-0.05, 0) is 48.6 Å². The van der Waals surface area contributed by atoms with Gasteiger partial charge in [0.15, 0.2) is 5.78 Å². The van der Waals surface area contributed by atoms with Crippen LogP contribution in [0.25, 0.3) is 0 Å². The van der Waals surface area contributed by atoms with E-state index >= 15 is 0 Å². The van der Waals surface area contributed by atoms with Crippen LogP contribution in [0.3, 0.4) is 0 Å². The summed E-state index contributed by atoms with van der Waals surface area (Å²) in [6, 6.07) is 8.26. The van der Waals surface area contributed by atoms with E-state index in [9.17, 15) is 14.7 Å². The van der Waals surface area contributed by atoms with Crippen LogP contribution in [0.4, 0.5) is 0 Å². The van der Waals surface area contributed by atoms with E-state index in [1.807, 2.05) is 32.9 Å². The number of fused-ring (bicyclic) bond motifs is 4. The van der Waals surface area contributed by atoms with E-state index in [1.165, 1.54) is 6.20 Å². The predicted octanol–water partition coefficient (Wildman–Crippen LogP) is 2.39. The van der Waals surface area contributed by atoms with Crippen molar-refractivity contribution in [1.29, 1.82) is 0 Å². The molecule has 2 aliphatic carbocycles. The third kappa shape index (κ3) is 2.58. The van der Waals surface area contributed by atoms with Gasteiger partial charge in [0, 0.05) is 28.9 Å². The zero-order valence-electron chi connectivity index (χ0n) is 18.2. The highest BCUT2D eigenvalue weighted by Gasteiger charge is 2.72. The molecule has 32 heavy (non-hydrogen) atoms. The molecule has 0 saturated heterocycles. The molecule has 164 valence electrons. The predicted molar refractivity (Wildman–Crippen MR) is 118 cm³/mol. The summed E-state index contributed by atoms with van der Waals surface area (Å²) in [7, 11) is 0. The van der Waals surface area contributed by atoms with Crippen molar-refractivity contribution in [3.8, 4) is 5.75 Å². The van der Waals surface area contributed by atoms with Crippen LogP contribution in [0.2, 0.25) is 0 Å². The van der Waals surface area contributed by atoms with Gasteiger partial charge in [-0.3, -0.25) is 14.6 Å². The molecule has 2 heterocycles. The van der Waals surface area contributed by atoms with Crippen molar-refractivity contribution in [2.24, 2.45) is 5.73 Å². The van der Waals surface area contributed by atoms with Crippen molar-refractivity contribution in [2.75, 3.05) is 0 Å². The molecule has 0 fully saturated rings. The fraction of sp³-hybridized carbons (Fsp3) is 0.320. The lowest BCUT2D eigenvalue weighted by Gasteiger charge is -2.35. The highest BCUT2D eigenvalue weighted by Crippen LogP contribution is 2.57. The van der Waals surface area contributed by atoms with Crippen molar-refractivity contribution in [3.05, 3.63) is 82.2 Å². The highest BCUT2D eigenvalue weighted by atomic mass is 16.6. The molecule has 0 saturated carbocycles. The maximum absolute atomic E-state index is 13.9. The van der Waals surface area contributed by atoms with E-state index in [1.54, 1.807) is 30.4 Å². The molecule has 3 unspecified atom stereocenters. The number of benzene rings is 1. The quantitative estimate of drug-likeness (QED) is 0.688. The number of hydrogen-bond donors (Lipinski definition) is 3. The number of nitrogens with two attached hydrogens (primary N) is 1. The fourth-order valence-electron chi connectivity index (χ4n) is 4.88. The van der Waals surface area contributed by atoms with E-state index < -0.39 is 29.1 Å². The van der Waals surface area contributed by atoms with E-state index in [-0.39, 0.29) is 17.2 Å². The Bertz CT molecular complexity index is 1230. The number of nitrogens with zero attached hydrogens (tertiary/aromatic N) is 1. The molecule has 0 spiro atoms. The van der Waals surface area contributed by atoms with Crippen LogP contribution in [0, 0.1) is 6.92 Å². The first-order chi connectivity index (χ1) is 15.2. The fourth-order valence-corrected chi connectivity index (χ4v) is 4.88. The number of hydrogen-bond acceptors (Lipinski definition) is 6. The van der Waals surface area contributed by atoms with Crippen molar-refractivity contribution < 1.29 is 19.4 Å². The maximum Gasteiger partial charge on any atom is 0.271 e. The van der Waals surface area contributed by atoms with Gasteiger partial charge in [-0.15, -0.1) is 0 Å². The van der Waals surface area contributed by atoms with Gasteiger partial charge in [0.1, 0.15) is 11.4 Å². The van der Waals surface area contributed by atoms with E-state index in [0.29, 0.717) is 23.3 Å². The maximum atomic E-state index is 13.9. The molecule has 0 radical (unpaired) electrons. The Hall–Kier alpha value is -3.29. The number of aromatic nitrogens is 1. The first kappa shape index (κ1) is 20.6. The highest BCUT2D eigenvalue weighted by molar-refractivity contribution is 6.13. The molecule has 0 bridgehead atoms. The molecular formula is C25H25N3O4. The van der Waals surface area contributed by atoms with E-state index in [2.05, 4.69) is 10.3 Å². The number of aliphatic hydroxyl groups is 1. The third-order valence-electron chi connectivity index (χ3n) is 6.58. The minimum atomic E-state index is -2.11. The summed E-state index contributed by atoms with van der Waals surface area (Å²) in [6.07, 6.45) is 5.47. The average molecular weight is 431 g/mol. The van der Waals surface area contributed by atoms with Crippen LogP contribution >= 0.6 is 0 Å². The Morgan fingerprint density at radius 3 is 2.81 bits per heavy atom. The number of nitrogens with one attached hydrogen (secondary N) is 1. The summed E-state index contributed by atoms with van der Waals surface area (Å²) in [6.45, 7) is 5.93. The molecular weight excluding hydrogens is 406 g/mol. The summed E-state index contributed by atoms with van der Waals surface area (Å²) in [5.41, 5.74) is 7.38. The Labute approximate surface area is 186 Å². The van der Waals surface area contributed by atoms with Crippen LogP contribution in [-0.2, 0) is 10.3 Å². The minimum Gasteiger partial charge on any atom is -0.454 e. The number of carbonyl (C=O) groups excluding carboxylic acids is 2. The Morgan fingerprint density at radius 2 is 2.09 bits per heavy atom. The average Bonchev–Trinajstić information content (AvgIpc) is 3.11. The van der Waals surface area contributed by atoms with Gasteiger partial charge in [-0.1, -0.05) is 38.1 Å². The van der Waals surface area contributed by atoms with Crippen molar-refractivity contribution in [1.82, 2.24) is 10.3 Å². The molecule has 1 aromatic heterocycles. The lowest BCUT2D eigenvalue weighted by Crippen LogP contribution is -2.63. The van der Waals surface area contributed by atoms with E-state index in [0.717, 1.165) is 11.1 Å². The van der Waals surface area contributed by atoms with Gasteiger partial charge in [0.25, 0.3) is 11.7 Å². The molecule has 3 atom stereocenters. The van der Waals surface area contributed by atoms with Crippen LogP contribution in [0.1, 0.15) is 53.4 Å². The summed E-state index contributed by atoms with van der Waals surface area (Å²) in [4.78, 5) is 31.4. The summed E-state index contributed by atoms with van der Waals surface area (Å²) in [5.74, 6) is -2.56. The largest absolute Gasteiger partial charge is 0.454 e. The molecule has 1 amide bonds. The van der Waals surface area contributed by atoms with Gasteiger partial charge in [0.05, 0.1) is 0 Å². The number of aryl methyl sites for hydroxylation is 1. The van der Waals surface area contributed by atoms with Gasteiger partial charge in [0.2, 0.25) is 5.54 Å². The summed E-state index contributed by atoms with van der Waals surface area (Å²) < 4.78 is 6.10. The number of ketones is 1. The van der Waals surface area contributed by atoms with Gasteiger partial charge in [-0.2, -0.15) is 0 Å². The van der Waals surface area contributed by atoms with Gasteiger partial charge >= 0.3 is 0 Å². The lowest BCUT2D eigenvalue weighted by atomic mass is 9.81. The number of rotatable bonds is 3. The SMILES string of the molecule is Cc1ccnc(C(=O)NC23C(=O)C4=C(C=CCC4N)C2(O)Oc2cc(C(C)C)ccc23)c1. The zero-order valence-corrected chi connectivity index (χ0v) is 18.2. The molecule has 2 aromatic rings. The zero-order chi connectivity index (χ0) is 22.8. The molecule has 1 aromatic carbocycles. The monoisotopic (exact) mass is 431 g/mol. The first-order valence-corrected chi connectivity index (χ1v) is 10.7. The molecule has 1 aliphatic heterocycles. The summed E-state index contributed by atoms with van der Waals surface area (Å²) in [5, 5.41) is 14.7. The molecule has 7 nitrogen and oxygen atoms in total. The second-order valence-electron chi connectivity index (χ2n) is 8.98. The number of Topliss-reactive ketones (excluding diaryl/α,β-unsaturated/α-hetero) is 1. The third-order valence-corrected chi connectivity index (χ3v) is 6.58. The van der Waals surface area contributed by atoms with Gasteiger partial charge < -0.3 is 20.9 Å². The number of pyridine rings is 1. The smallest absolute Gasteiger partial charge is 0.271 e. The molecule has 5 rings (SSSR count). The molecule has 4 N–H and O–H groups in total. The topological polar surface area (TPSA) is 115 Å². The van der Waals surface area contributed by atoms with Gasteiger partial charge in [-0.25, -0.2) is 0 Å². The van der Waals surface area contributed by atoms with Crippen molar-refractivity contribution in [3.63, 3.8) is 0 Å². The van der Waals surface area contributed by atoms with Crippen LogP contribution in [0.15, 0.2) is 59.8 Å². The number of amides is 1. The van der Waals surface area contributed by atoms with Crippen LogP contribution in [0.5, 0.6) is 5.75 Å². The lowest BCUT2D eigenvalue weighted by molar-refractivity contribution is -0.154. The molecule has 7 heteroatoms. The second kappa shape index (κ2) is 6.85. The van der Waals surface area contributed by atoms with E-state index in [4.69, 9.17) is 10.5 Å². The Balaban J connectivity index is 1.70. The first-order valence-electron chi connectivity index (χ1n) is 10.7. The normalized spacial score (nSPS) is 27.8. The summed E-state index contributed by atoms with van der Waals surface area (Å²) >= 11 is 0. The number of carbonyl (C=O) groups is 2. The minimum absolute atomic E-state index is 0.145. The van der Waals surface area contributed by atoms with Crippen molar-refractivity contribution in [2.45, 2.75) is 50.5 Å². The van der Waals surface area contributed by atoms with Crippen LogP contribution < -0.4 is 15.8 Å².